The minimum atomic E-state index is -0.294. The lowest BCUT2D eigenvalue weighted by Crippen LogP contribution is -2.46. The third-order valence-electron chi connectivity index (χ3n) is 10.4. The van der Waals surface area contributed by atoms with Gasteiger partial charge in [-0.25, -0.2) is 0 Å². The Morgan fingerprint density at radius 3 is 2.62 bits per heavy atom. The van der Waals surface area contributed by atoms with Crippen LogP contribution in [-0.4, -0.2) is 11.2 Å². The summed E-state index contributed by atoms with van der Waals surface area (Å²) in [7, 11) is 0. The summed E-state index contributed by atoms with van der Waals surface area (Å²) in [6.45, 7) is 11.8. The summed E-state index contributed by atoms with van der Waals surface area (Å²) in [5.41, 5.74) is 6.13. The lowest BCUT2D eigenvalue weighted by Gasteiger charge is -2.56. The lowest BCUT2D eigenvalue weighted by molar-refractivity contribution is 0.00943. The van der Waals surface area contributed by atoms with Gasteiger partial charge in [0.15, 0.2) is 0 Å². The molecule has 2 unspecified atom stereocenters. The van der Waals surface area contributed by atoms with Crippen LogP contribution in [0.1, 0.15) is 112 Å². The fraction of sp³-hybridized carbons (Fsp3) is 0.857. The van der Waals surface area contributed by atoms with Crippen LogP contribution in [0.15, 0.2) is 22.8 Å². The number of allylic oxidation sites excluding steroid dienone is 3. The molecule has 1 nitrogen and oxygen atoms in total. The van der Waals surface area contributed by atoms with Crippen LogP contribution < -0.4 is 0 Å². The molecule has 4 aliphatic rings. The van der Waals surface area contributed by atoms with E-state index in [9.17, 15) is 5.11 Å². The van der Waals surface area contributed by atoms with E-state index in [0.29, 0.717) is 10.8 Å². The van der Waals surface area contributed by atoms with Crippen molar-refractivity contribution in [1.29, 1.82) is 0 Å². The number of rotatable bonds is 5. The van der Waals surface area contributed by atoms with Crippen LogP contribution in [0.3, 0.4) is 0 Å². The Balaban J connectivity index is 1.51. The molecule has 0 saturated heterocycles. The Kier molecular flexibility index (Phi) is 6.11. The lowest BCUT2D eigenvalue weighted by atomic mass is 9.49. The van der Waals surface area contributed by atoms with Gasteiger partial charge in [0.2, 0.25) is 0 Å². The zero-order valence-corrected chi connectivity index (χ0v) is 19.9. The molecule has 3 fully saturated rings. The monoisotopic (exact) mass is 398 g/mol. The summed E-state index contributed by atoms with van der Waals surface area (Å²) >= 11 is 0. The smallest absolute Gasteiger partial charge is 0.0719 e. The molecule has 0 amide bonds. The van der Waals surface area contributed by atoms with E-state index in [1.54, 1.807) is 0 Å². The van der Waals surface area contributed by atoms with Crippen molar-refractivity contribution < 1.29 is 5.11 Å². The summed E-state index contributed by atoms with van der Waals surface area (Å²) < 4.78 is 0. The van der Waals surface area contributed by atoms with Crippen LogP contribution in [0.4, 0.5) is 0 Å². The second-order valence-corrected chi connectivity index (χ2v) is 11.8. The predicted octanol–water partition coefficient (Wildman–Crippen LogP) is 7.84. The van der Waals surface area contributed by atoms with E-state index in [1.807, 2.05) is 18.1 Å². The van der Waals surface area contributed by atoms with E-state index < -0.39 is 0 Å². The van der Waals surface area contributed by atoms with E-state index in [4.69, 9.17) is 0 Å². The number of hydrogen-bond acceptors (Lipinski definition) is 1. The summed E-state index contributed by atoms with van der Waals surface area (Å²) in [6, 6.07) is 0. The first kappa shape index (κ1) is 21.7. The van der Waals surface area contributed by atoms with Gasteiger partial charge in [0.25, 0.3) is 0 Å². The molecule has 0 aromatic rings. The predicted molar refractivity (Wildman–Crippen MR) is 124 cm³/mol. The Morgan fingerprint density at radius 2 is 1.86 bits per heavy atom. The van der Waals surface area contributed by atoms with Gasteiger partial charge in [-0.1, -0.05) is 50.8 Å². The van der Waals surface area contributed by atoms with Gasteiger partial charge in [-0.3, -0.25) is 0 Å². The highest BCUT2D eigenvalue weighted by Crippen LogP contribution is 2.65. The van der Waals surface area contributed by atoms with E-state index in [-0.39, 0.29) is 6.10 Å². The fourth-order valence-electron chi connectivity index (χ4n) is 8.42. The molecule has 164 valence electrons. The quantitative estimate of drug-likeness (QED) is 0.468. The molecule has 0 spiro atoms. The maximum absolute atomic E-state index is 9.73. The topological polar surface area (TPSA) is 20.2 Å². The normalized spacial score (nSPS) is 42.1. The van der Waals surface area contributed by atoms with Gasteiger partial charge in [-0.15, -0.1) is 0 Å². The number of aliphatic hydroxyl groups excluding tert-OH is 1. The third-order valence-corrected chi connectivity index (χ3v) is 10.4. The van der Waals surface area contributed by atoms with Crippen LogP contribution in [-0.2, 0) is 0 Å². The molecule has 0 radical (unpaired) electrons. The molecule has 1 N–H and O–H groups in total. The number of fused-ring (bicyclic) bond motifs is 4. The molecule has 1 heteroatoms. The molecule has 29 heavy (non-hydrogen) atoms. The van der Waals surface area contributed by atoms with Gasteiger partial charge in [-0.05, 0) is 118 Å². The van der Waals surface area contributed by atoms with Gasteiger partial charge in [-0.2, -0.15) is 0 Å². The molecule has 4 aliphatic carbocycles. The molecule has 0 aromatic heterocycles. The first-order chi connectivity index (χ1) is 13.8. The summed E-state index contributed by atoms with van der Waals surface area (Å²) in [5, 5.41) is 9.73. The van der Waals surface area contributed by atoms with Crippen LogP contribution in [0, 0.1) is 34.5 Å². The Labute approximate surface area is 180 Å². The maximum Gasteiger partial charge on any atom is 0.0719 e. The summed E-state index contributed by atoms with van der Waals surface area (Å²) in [6.07, 6.45) is 19.0. The van der Waals surface area contributed by atoms with E-state index in [1.165, 1.54) is 70.6 Å². The first-order valence-corrected chi connectivity index (χ1v) is 12.8. The highest BCUT2D eigenvalue weighted by molar-refractivity contribution is 5.34. The van der Waals surface area contributed by atoms with Crippen molar-refractivity contribution in [2.75, 3.05) is 0 Å². The SMILES string of the molecule is CC(=CCC[C@@H](C)[C@H]1CCC2=C3CCC4CCCC[C@]4(C)[C@H]3CC[C@@]21C)C(C)O. The number of aliphatic hydroxyl groups is 1. The average molecular weight is 399 g/mol. The molecular weight excluding hydrogens is 352 g/mol. The van der Waals surface area contributed by atoms with Crippen molar-refractivity contribution in [2.45, 2.75) is 118 Å². The zero-order valence-electron chi connectivity index (χ0n) is 19.9. The van der Waals surface area contributed by atoms with Crippen molar-refractivity contribution >= 4 is 0 Å². The van der Waals surface area contributed by atoms with Gasteiger partial charge < -0.3 is 5.11 Å². The van der Waals surface area contributed by atoms with Crippen molar-refractivity contribution in [2.24, 2.45) is 34.5 Å². The molecule has 3 saturated carbocycles. The Morgan fingerprint density at radius 1 is 1.07 bits per heavy atom. The van der Waals surface area contributed by atoms with Crippen molar-refractivity contribution in [3.63, 3.8) is 0 Å². The van der Waals surface area contributed by atoms with Crippen LogP contribution in [0.5, 0.6) is 0 Å². The molecule has 0 aromatic carbocycles. The fourth-order valence-corrected chi connectivity index (χ4v) is 8.42. The Bertz CT molecular complexity index is 670. The zero-order chi connectivity index (χ0) is 20.8. The highest BCUT2D eigenvalue weighted by atomic mass is 16.3. The summed E-state index contributed by atoms with van der Waals surface area (Å²) in [4.78, 5) is 0. The number of hydrogen-bond donors (Lipinski definition) is 1. The van der Waals surface area contributed by atoms with E-state index >= 15 is 0 Å². The molecule has 4 rings (SSSR count). The second-order valence-electron chi connectivity index (χ2n) is 11.8. The van der Waals surface area contributed by atoms with Gasteiger partial charge in [0, 0.05) is 0 Å². The summed E-state index contributed by atoms with van der Waals surface area (Å²) in [5.74, 6) is 3.57. The second kappa shape index (κ2) is 8.18. The van der Waals surface area contributed by atoms with Gasteiger partial charge >= 0.3 is 0 Å². The molecule has 0 aliphatic heterocycles. The molecule has 7 atom stereocenters. The van der Waals surface area contributed by atoms with Gasteiger partial charge in [0.1, 0.15) is 0 Å². The largest absolute Gasteiger partial charge is 0.389 e. The minimum Gasteiger partial charge on any atom is -0.389 e. The van der Waals surface area contributed by atoms with Gasteiger partial charge in [0.05, 0.1) is 6.10 Å². The van der Waals surface area contributed by atoms with Crippen molar-refractivity contribution in [3.05, 3.63) is 22.8 Å². The molecule has 0 heterocycles. The van der Waals surface area contributed by atoms with Crippen molar-refractivity contribution in [1.82, 2.24) is 0 Å². The average Bonchev–Trinajstić information content (AvgIpc) is 3.04. The van der Waals surface area contributed by atoms with E-state index in [2.05, 4.69) is 33.8 Å². The maximum atomic E-state index is 9.73. The van der Waals surface area contributed by atoms with Crippen LogP contribution >= 0.6 is 0 Å². The van der Waals surface area contributed by atoms with Crippen LogP contribution in [0.2, 0.25) is 0 Å². The molecule has 0 bridgehead atoms. The Hall–Kier alpha value is -0.560. The van der Waals surface area contributed by atoms with Crippen molar-refractivity contribution in [3.8, 4) is 0 Å². The van der Waals surface area contributed by atoms with E-state index in [0.717, 1.165) is 35.7 Å². The van der Waals surface area contributed by atoms with Crippen LogP contribution in [0.25, 0.3) is 0 Å². The highest BCUT2D eigenvalue weighted by Gasteiger charge is 2.54. The minimum absolute atomic E-state index is 0.294. The third kappa shape index (κ3) is 3.68. The standard InChI is InChI=1S/C28H46O/c1-19(21(3)29)9-8-10-20(2)24-14-15-25-23-13-12-22-11-6-7-17-27(22,4)26(23)16-18-28(24,25)5/h9,20-22,24,26,29H,6-8,10-18H2,1-5H3/t20-,21?,22?,24-,26+,27+,28-/m1/s1. The first-order valence-electron chi connectivity index (χ1n) is 12.8. The molecular formula is C28H46O.